The molecule has 0 amide bonds. The van der Waals surface area contributed by atoms with Crippen molar-refractivity contribution in [2.75, 3.05) is 27.9 Å². The zero-order valence-corrected chi connectivity index (χ0v) is 14.4. The zero-order chi connectivity index (χ0) is 15.8. The summed E-state index contributed by atoms with van der Waals surface area (Å²) in [6.07, 6.45) is 0.876. The number of hydrogen-bond donors (Lipinski definition) is 1. The van der Waals surface area contributed by atoms with Crippen molar-refractivity contribution in [3.63, 3.8) is 0 Å². The van der Waals surface area contributed by atoms with Crippen LogP contribution in [0.2, 0.25) is 0 Å². The second-order valence-corrected chi connectivity index (χ2v) is 5.67. The standard InChI is InChI=1S/C16H26N2O2S/c1-12(11-19-4)17-16(21)18(3)13(2)10-14-8-6-7-9-15(14)20-5/h6-9,12-13H,10-11H2,1-5H3,(H,17,21). The van der Waals surface area contributed by atoms with E-state index >= 15 is 0 Å². The van der Waals surface area contributed by atoms with Crippen LogP contribution in [0.4, 0.5) is 0 Å². The number of para-hydroxylation sites is 1. The molecule has 0 bridgehead atoms. The van der Waals surface area contributed by atoms with Crippen molar-refractivity contribution in [2.45, 2.75) is 32.4 Å². The second-order valence-electron chi connectivity index (χ2n) is 5.28. The van der Waals surface area contributed by atoms with E-state index in [1.165, 1.54) is 5.56 Å². The first kappa shape index (κ1) is 17.7. The summed E-state index contributed by atoms with van der Waals surface area (Å²) in [4.78, 5) is 2.08. The van der Waals surface area contributed by atoms with Crippen molar-refractivity contribution in [2.24, 2.45) is 0 Å². The van der Waals surface area contributed by atoms with Crippen LogP contribution in [-0.2, 0) is 11.2 Å². The molecule has 0 heterocycles. The number of hydrogen-bond acceptors (Lipinski definition) is 3. The third-order valence-corrected chi connectivity index (χ3v) is 3.88. The van der Waals surface area contributed by atoms with Gasteiger partial charge in [-0.1, -0.05) is 18.2 Å². The fourth-order valence-electron chi connectivity index (χ4n) is 2.13. The molecule has 1 aromatic rings. The van der Waals surface area contributed by atoms with Crippen molar-refractivity contribution >= 4 is 17.3 Å². The third kappa shape index (κ3) is 5.52. The highest BCUT2D eigenvalue weighted by molar-refractivity contribution is 7.80. The monoisotopic (exact) mass is 310 g/mol. The molecule has 1 N–H and O–H groups in total. The zero-order valence-electron chi connectivity index (χ0n) is 13.6. The Hall–Kier alpha value is -1.33. The molecule has 0 saturated carbocycles. The lowest BCUT2D eigenvalue weighted by atomic mass is 10.1. The van der Waals surface area contributed by atoms with Gasteiger partial charge in [0.15, 0.2) is 5.11 Å². The summed E-state index contributed by atoms with van der Waals surface area (Å²) in [6.45, 7) is 4.84. The van der Waals surface area contributed by atoms with Crippen molar-refractivity contribution in [3.8, 4) is 5.75 Å². The molecule has 0 aliphatic rings. The first-order valence-corrected chi connectivity index (χ1v) is 7.54. The minimum absolute atomic E-state index is 0.198. The molecule has 1 rings (SSSR count). The molecule has 4 nitrogen and oxygen atoms in total. The molecule has 0 aromatic heterocycles. The molecule has 2 unspecified atom stereocenters. The summed E-state index contributed by atoms with van der Waals surface area (Å²) in [7, 11) is 5.40. The Morgan fingerprint density at radius 2 is 1.95 bits per heavy atom. The van der Waals surface area contributed by atoms with E-state index in [1.54, 1.807) is 14.2 Å². The molecule has 1 aromatic carbocycles. The summed E-state index contributed by atoms with van der Waals surface area (Å²) >= 11 is 5.45. The van der Waals surface area contributed by atoms with Gasteiger partial charge in [-0.05, 0) is 44.1 Å². The quantitative estimate of drug-likeness (QED) is 0.783. The molecule has 5 heteroatoms. The van der Waals surface area contributed by atoms with Gasteiger partial charge in [0.2, 0.25) is 0 Å². The van der Waals surface area contributed by atoms with Crippen LogP contribution in [0.5, 0.6) is 5.75 Å². The lowest BCUT2D eigenvalue weighted by Crippen LogP contribution is -2.47. The van der Waals surface area contributed by atoms with Crippen LogP contribution in [0.3, 0.4) is 0 Å². The molecule has 0 aliphatic carbocycles. The maximum atomic E-state index is 5.45. The van der Waals surface area contributed by atoms with E-state index in [0.29, 0.717) is 6.61 Å². The van der Waals surface area contributed by atoms with Crippen molar-refractivity contribution in [3.05, 3.63) is 29.8 Å². The van der Waals surface area contributed by atoms with E-state index in [4.69, 9.17) is 21.7 Å². The number of ether oxygens (including phenoxy) is 2. The Labute approximate surface area is 133 Å². The smallest absolute Gasteiger partial charge is 0.169 e. The molecular formula is C16H26N2O2S. The molecule has 0 spiro atoms. The topological polar surface area (TPSA) is 33.7 Å². The van der Waals surface area contributed by atoms with E-state index in [-0.39, 0.29) is 12.1 Å². The maximum Gasteiger partial charge on any atom is 0.169 e. The highest BCUT2D eigenvalue weighted by atomic mass is 32.1. The van der Waals surface area contributed by atoms with Crippen LogP contribution in [-0.4, -0.2) is 50.0 Å². The van der Waals surface area contributed by atoms with Gasteiger partial charge >= 0.3 is 0 Å². The fourth-order valence-corrected chi connectivity index (χ4v) is 2.51. The van der Waals surface area contributed by atoms with Gasteiger partial charge < -0.3 is 19.7 Å². The van der Waals surface area contributed by atoms with E-state index < -0.39 is 0 Å². The van der Waals surface area contributed by atoms with Crippen LogP contribution < -0.4 is 10.1 Å². The number of nitrogens with zero attached hydrogens (tertiary/aromatic N) is 1. The second kappa shape index (κ2) is 8.85. The number of likely N-dealkylation sites (N-methyl/N-ethyl adjacent to an activating group) is 1. The largest absolute Gasteiger partial charge is 0.496 e. The van der Waals surface area contributed by atoms with Crippen LogP contribution in [0, 0.1) is 0 Å². The number of nitrogens with one attached hydrogen (secondary N) is 1. The van der Waals surface area contributed by atoms with Gasteiger partial charge in [-0.2, -0.15) is 0 Å². The van der Waals surface area contributed by atoms with Crippen molar-refractivity contribution in [1.29, 1.82) is 0 Å². The van der Waals surface area contributed by atoms with Crippen molar-refractivity contribution < 1.29 is 9.47 Å². The molecule has 0 saturated heterocycles. The molecule has 0 fully saturated rings. The summed E-state index contributed by atoms with van der Waals surface area (Å²) in [5, 5.41) is 4.01. The number of thiocarbonyl (C=S) groups is 1. The normalized spacial score (nSPS) is 13.4. The third-order valence-electron chi connectivity index (χ3n) is 3.48. The fraction of sp³-hybridized carbons (Fsp3) is 0.562. The SMILES string of the molecule is COCC(C)NC(=S)N(C)C(C)Cc1ccccc1OC. The highest BCUT2D eigenvalue weighted by Gasteiger charge is 2.16. The summed E-state index contributed by atoms with van der Waals surface area (Å²) in [5.74, 6) is 0.921. The van der Waals surface area contributed by atoms with Crippen molar-refractivity contribution in [1.82, 2.24) is 10.2 Å². The van der Waals surface area contributed by atoms with E-state index in [9.17, 15) is 0 Å². The summed E-state index contributed by atoms with van der Waals surface area (Å²) in [5.41, 5.74) is 1.19. The predicted octanol–water partition coefficient (Wildman–Crippen LogP) is 2.47. The van der Waals surface area contributed by atoms with E-state index in [1.807, 2.05) is 25.2 Å². The van der Waals surface area contributed by atoms with Crippen LogP contribution in [0.25, 0.3) is 0 Å². The van der Waals surface area contributed by atoms with E-state index in [2.05, 4.69) is 30.1 Å². The maximum absolute atomic E-state index is 5.45. The number of benzene rings is 1. The lowest BCUT2D eigenvalue weighted by molar-refractivity contribution is 0.177. The first-order valence-electron chi connectivity index (χ1n) is 7.13. The van der Waals surface area contributed by atoms with Crippen LogP contribution in [0.15, 0.2) is 24.3 Å². The predicted molar refractivity (Wildman–Crippen MR) is 91.0 cm³/mol. The van der Waals surface area contributed by atoms with Gasteiger partial charge in [0.1, 0.15) is 5.75 Å². The molecule has 2 atom stereocenters. The van der Waals surface area contributed by atoms with Gasteiger partial charge in [0.25, 0.3) is 0 Å². The molecule has 21 heavy (non-hydrogen) atoms. The first-order chi connectivity index (χ1) is 9.99. The summed E-state index contributed by atoms with van der Waals surface area (Å²) < 4.78 is 10.5. The van der Waals surface area contributed by atoms with E-state index in [0.717, 1.165) is 17.3 Å². The molecule has 118 valence electrons. The van der Waals surface area contributed by atoms with Gasteiger partial charge in [0.05, 0.1) is 13.7 Å². The van der Waals surface area contributed by atoms with Gasteiger partial charge in [-0.25, -0.2) is 0 Å². The summed E-state index contributed by atoms with van der Waals surface area (Å²) in [6, 6.07) is 8.56. The Bertz CT molecular complexity index is 454. The van der Waals surface area contributed by atoms with Crippen LogP contribution in [0.1, 0.15) is 19.4 Å². The molecule has 0 radical (unpaired) electrons. The lowest BCUT2D eigenvalue weighted by Gasteiger charge is -2.30. The average molecular weight is 310 g/mol. The highest BCUT2D eigenvalue weighted by Crippen LogP contribution is 2.20. The van der Waals surface area contributed by atoms with Gasteiger partial charge in [-0.15, -0.1) is 0 Å². The average Bonchev–Trinajstić information content (AvgIpc) is 2.47. The van der Waals surface area contributed by atoms with Gasteiger partial charge in [0, 0.05) is 26.2 Å². The van der Waals surface area contributed by atoms with Crippen LogP contribution >= 0.6 is 12.2 Å². The number of rotatable bonds is 7. The minimum atomic E-state index is 0.198. The Kier molecular flexibility index (Phi) is 7.47. The molecular weight excluding hydrogens is 284 g/mol. The molecule has 0 aliphatic heterocycles. The Morgan fingerprint density at radius 1 is 1.29 bits per heavy atom. The Balaban J connectivity index is 2.61. The number of methoxy groups -OCH3 is 2. The minimum Gasteiger partial charge on any atom is -0.496 e. The Morgan fingerprint density at radius 3 is 2.57 bits per heavy atom. The van der Waals surface area contributed by atoms with Gasteiger partial charge in [-0.3, -0.25) is 0 Å².